The van der Waals surface area contributed by atoms with Crippen molar-refractivity contribution in [1.82, 2.24) is 15.2 Å². The molecule has 1 saturated carbocycles. The lowest BCUT2D eigenvalue weighted by Gasteiger charge is -2.36. The first kappa shape index (κ1) is 20.7. The van der Waals surface area contributed by atoms with Gasteiger partial charge in [-0.25, -0.2) is 4.39 Å². The molecule has 1 atom stereocenters. The standard InChI is InChI=1S/C27H34FN3/c1-17-6-4-5-7-21(17)26-23(28)13-15-25-27(26)22-16-19(10-14-24(22)30-25)29-18-8-11-20(12-9-18)31(2)3/h4-7,13,15,18-20,29-30H,8-12,14,16H2,1-3H3. The smallest absolute Gasteiger partial charge is 0.131 e. The van der Waals surface area contributed by atoms with E-state index in [2.05, 4.69) is 42.3 Å². The van der Waals surface area contributed by atoms with Gasteiger partial charge in [0.25, 0.3) is 0 Å². The number of aromatic amines is 1. The highest BCUT2D eigenvalue weighted by Gasteiger charge is 2.29. The van der Waals surface area contributed by atoms with Gasteiger partial charge in [-0.1, -0.05) is 24.3 Å². The highest BCUT2D eigenvalue weighted by atomic mass is 19.1. The predicted molar refractivity (Wildman–Crippen MR) is 127 cm³/mol. The summed E-state index contributed by atoms with van der Waals surface area (Å²) in [5.41, 5.74) is 6.57. The number of hydrogen-bond acceptors (Lipinski definition) is 2. The summed E-state index contributed by atoms with van der Waals surface area (Å²) in [4.78, 5) is 5.99. The van der Waals surface area contributed by atoms with E-state index < -0.39 is 0 Å². The minimum atomic E-state index is -0.124. The van der Waals surface area contributed by atoms with Crippen molar-refractivity contribution in [2.75, 3.05) is 14.1 Å². The van der Waals surface area contributed by atoms with Crippen LogP contribution in [0.3, 0.4) is 0 Å². The zero-order chi connectivity index (χ0) is 21.5. The van der Waals surface area contributed by atoms with E-state index in [1.54, 1.807) is 6.07 Å². The Morgan fingerprint density at radius 3 is 2.48 bits per heavy atom. The monoisotopic (exact) mass is 419 g/mol. The molecule has 4 heteroatoms. The Labute approximate surface area is 185 Å². The fourth-order valence-corrected chi connectivity index (χ4v) is 5.84. The third-order valence-corrected chi connectivity index (χ3v) is 7.61. The van der Waals surface area contributed by atoms with Crippen LogP contribution in [0.2, 0.25) is 0 Å². The Morgan fingerprint density at radius 1 is 0.968 bits per heavy atom. The zero-order valence-corrected chi connectivity index (χ0v) is 19.0. The molecule has 1 fully saturated rings. The minimum Gasteiger partial charge on any atom is -0.358 e. The average Bonchev–Trinajstić information content (AvgIpc) is 3.13. The molecule has 0 spiro atoms. The molecule has 1 heterocycles. The second-order valence-corrected chi connectivity index (χ2v) is 9.82. The van der Waals surface area contributed by atoms with Gasteiger partial charge in [-0.05, 0) is 94.8 Å². The second kappa shape index (κ2) is 8.40. The number of halogens is 1. The summed E-state index contributed by atoms with van der Waals surface area (Å²) < 4.78 is 15.2. The van der Waals surface area contributed by atoms with E-state index in [0.717, 1.165) is 52.9 Å². The lowest BCUT2D eigenvalue weighted by Crippen LogP contribution is -2.45. The van der Waals surface area contributed by atoms with Crippen LogP contribution in [0.4, 0.5) is 4.39 Å². The van der Waals surface area contributed by atoms with Crippen LogP contribution in [0.25, 0.3) is 22.0 Å². The molecule has 0 amide bonds. The van der Waals surface area contributed by atoms with Crippen LogP contribution >= 0.6 is 0 Å². The van der Waals surface area contributed by atoms with Crippen LogP contribution in [0.5, 0.6) is 0 Å². The number of nitrogens with one attached hydrogen (secondary N) is 2. The first-order valence-corrected chi connectivity index (χ1v) is 11.8. The zero-order valence-electron chi connectivity index (χ0n) is 19.0. The van der Waals surface area contributed by atoms with Gasteiger partial charge < -0.3 is 15.2 Å². The first-order chi connectivity index (χ1) is 15.0. The molecule has 0 bridgehead atoms. The molecule has 2 N–H and O–H groups in total. The number of nitrogens with zero attached hydrogens (tertiary/aromatic N) is 1. The van der Waals surface area contributed by atoms with Gasteiger partial charge in [0.2, 0.25) is 0 Å². The third kappa shape index (κ3) is 3.92. The maximum absolute atomic E-state index is 15.2. The van der Waals surface area contributed by atoms with Crippen molar-refractivity contribution in [1.29, 1.82) is 0 Å². The SMILES string of the molecule is Cc1ccccc1-c1c(F)ccc2[nH]c3c(c12)CC(NC1CCC(N(C)C)CC1)CC3. The highest BCUT2D eigenvalue weighted by Crippen LogP contribution is 2.39. The molecule has 0 radical (unpaired) electrons. The van der Waals surface area contributed by atoms with Gasteiger partial charge in [-0.2, -0.15) is 0 Å². The molecule has 2 aliphatic rings. The van der Waals surface area contributed by atoms with Crippen molar-refractivity contribution in [2.45, 2.75) is 70.0 Å². The molecule has 164 valence electrons. The van der Waals surface area contributed by atoms with Crippen LogP contribution in [-0.4, -0.2) is 42.1 Å². The van der Waals surface area contributed by atoms with E-state index in [0.29, 0.717) is 12.1 Å². The summed E-state index contributed by atoms with van der Waals surface area (Å²) in [6.07, 6.45) is 8.22. The average molecular weight is 420 g/mol. The molecule has 0 aliphatic heterocycles. The molecule has 31 heavy (non-hydrogen) atoms. The number of rotatable bonds is 4. The van der Waals surface area contributed by atoms with Gasteiger partial charge >= 0.3 is 0 Å². The van der Waals surface area contributed by atoms with Crippen LogP contribution in [0, 0.1) is 12.7 Å². The first-order valence-electron chi connectivity index (χ1n) is 11.8. The van der Waals surface area contributed by atoms with Gasteiger partial charge in [-0.3, -0.25) is 0 Å². The van der Waals surface area contributed by atoms with Gasteiger partial charge in [-0.15, -0.1) is 0 Å². The van der Waals surface area contributed by atoms with Crippen molar-refractivity contribution >= 4 is 10.9 Å². The quantitative estimate of drug-likeness (QED) is 0.577. The number of H-pyrrole nitrogens is 1. The van der Waals surface area contributed by atoms with E-state index in [1.807, 2.05) is 24.3 Å². The maximum atomic E-state index is 15.2. The van der Waals surface area contributed by atoms with Crippen molar-refractivity contribution in [3.63, 3.8) is 0 Å². The number of aryl methyl sites for hydroxylation is 2. The van der Waals surface area contributed by atoms with E-state index >= 15 is 4.39 Å². The van der Waals surface area contributed by atoms with Crippen molar-refractivity contribution < 1.29 is 4.39 Å². The molecule has 1 unspecified atom stereocenters. The molecule has 0 saturated heterocycles. The van der Waals surface area contributed by atoms with E-state index in [1.165, 1.54) is 36.9 Å². The molecule has 3 aromatic rings. The third-order valence-electron chi connectivity index (χ3n) is 7.61. The maximum Gasteiger partial charge on any atom is 0.131 e. The van der Waals surface area contributed by atoms with Crippen LogP contribution in [-0.2, 0) is 12.8 Å². The number of benzene rings is 2. The summed E-state index contributed by atoms with van der Waals surface area (Å²) in [6, 6.07) is 13.5. The predicted octanol–water partition coefficient (Wildman–Crippen LogP) is 5.60. The van der Waals surface area contributed by atoms with E-state index in [-0.39, 0.29) is 5.82 Å². The summed E-state index contributed by atoms with van der Waals surface area (Å²) in [5, 5.41) is 5.06. The Hall–Kier alpha value is -2.17. The molecule has 1 aromatic heterocycles. The Bertz CT molecular complexity index is 1080. The minimum absolute atomic E-state index is 0.124. The molecule has 3 nitrogen and oxygen atoms in total. The van der Waals surface area contributed by atoms with Crippen molar-refractivity contribution in [2.24, 2.45) is 0 Å². The van der Waals surface area contributed by atoms with E-state index in [4.69, 9.17) is 0 Å². The normalized spacial score (nSPS) is 24.0. The van der Waals surface area contributed by atoms with Crippen LogP contribution < -0.4 is 5.32 Å². The summed E-state index contributed by atoms with van der Waals surface area (Å²) in [5.74, 6) is -0.124. The molecular formula is C27H34FN3. The highest BCUT2D eigenvalue weighted by molar-refractivity contribution is 5.99. The molecule has 5 rings (SSSR count). The van der Waals surface area contributed by atoms with Gasteiger partial charge in [0.1, 0.15) is 5.82 Å². The Morgan fingerprint density at radius 2 is 1.74 bits per heavy atom. The Kier molecular flexibility index (Phi) is 5.61. The lowest BCUT2D eigenvalue weighted by atomic mass is 9.86. The Balaban J connectivity index is 1.43. The second-order valence-electron chi connectivity index (χ2n) is 9.82. The molecule has 2 aromatic carbocycles. The fourth-order valence-electron chi connectivity index (χ4n) is 5.84. The van der Waals surface area contributed by atoms with Crippen molar-refractivity contribution in [3.05, 3.63) is 59.0 Å². The molecular weight excluding hydrogens is 385 g/mol. The van der Waals surface area contributed by atoms with Crippen molar-refractivity contribution in [3.8, 4) is 11.1 Å². The van der Waals surface area contributed by atoms with Crippen LogP contribution in [0.1, 0.15) is 48.9 Å². The fraction of sp³-hybridized carbons (Fsp3) is 0.481. The van der Waals surface area contributed by atoms with Gasteiger partial charge in [0, 0.05) is 40.3 Å². The largest absolute Gasteiger partial charge is 0.358 e. The van der Waals surface area contributed by atoms with Gasteiger partial charge in [0.05, 0.1) is 0 Å². The summed E-state index contributed by atoms with van der Waals surface area (Å²) in [7, 11) is 4.40. The molecule has 2 aliphatic carbocycles. The summed E-state index contributed by atoms with van der Waals surface area (Å²) in [6.45, 7) is 2.07. The summed E-state index contributed by atoms with van der Waals surface area (Å²) >= 11 is 0. The number of fused-ring (bicyclic) bond motifs is 3. The van der Waals surface area contributed by atoms with Crippen LogP contribution in [0.15, 0.2) is 36.4 Å². The van der Waals surface area contributed by atoms with Gasteiger partial charge in [0.15, 0.2) is 0 Å². The number of aromatic nitrogens is 1. The van der Waals surface area contributed by atoms with E-state index in [9.17, 15) is 0 Å². The topological polar surface area (TPSA) is 31.1 Å². The number of hydrogen-bond donors (Lipinski definition) is 2. The lowest BCUT2D eigenvalue weighted by molar-refractivity contribution is 0.196.